The molecule has 1 spiro atoms. The number of halogens is 20. The van der Waals surface area contributed by atoms with Gasteiger partial charge in [0.1, 0.15) is 37.1 Å². The maximum Gasteiger partial charge on any atom is 0.449 e. The summed E-state index contributed by atoms with van der Waals surface area (Å²) in [5.41, 5.74) is -11.8. The van der Waals surface area contributed by atoms with Gasteiger partial charge >= 0.3 is 95.4 Å². The van der Waals surface area contributed by atoms with Gasteiger partial charge in [0, 0.05) is 5.41 Å². The maximum absolute atomic E-state index is 15.6. The van der Waals surface area contributed by atoms with Crippen molar-refractivity contribution < 1.29 is 184 Å². The summed E-state index contributed by atoms with van der Waals surface area (Å²) >= 11 is 0. The Morgan fingerprint density at radius 2 is 0.835 bits per heavy atom. The number of hydrogen-bond donors (Lipinski definition) is 4. The zero-order valence-electron chi connectivity index (χ0n) is 63.8. The highest BCUT2D eigenvalue weighted by atomic mass is 19.4. The first-order valence-corrected chi connectivity index (χ1v) is 35.3. The van der Waals surface area contributed by atoms with Gasteiger partial charge in [-0.2, -0.15) is 87.8 Å². The fourth-order valence-electron chi connectivity index (χ4n) is 14.0. The zero-order valence-corrected chi connectivity index (χ0v) is 63.8. The fourth-order valence-corrected chi connectivity index (χ4v) is 14.0. The van der Waals surface area contributed by atoms with Crippen LogP contribution < -0.4 is 0 Å². The standard InChI is InChI=1S/C23H33F5O5.C17H25F5O5.C15H23F5O5.C14H21F5O5/c1-5-18(2,3)17(29)31-12-19(4)32-16(21(24,25)22(30,33-19)23(26,27)28)20-9-13-6-14(10-20)8-15(7-13)11-20;1-4-13(2,3)12(23)25-9-11-5-7-14(8-6-11)15(18,19)16(24,17(20,21)22)27-10-26-14;1-7-10(2,3)9(21)23-8-12(6)24-11(4,5)13(16,17)14(22,25-12)15(18,19)20;1-6-10(2,3)8(20)23-11(4,5)9-22-7-12(15,16)13(21,24-9)14(17,18)19/h13-16,30H,5-12H2,1-4H3;11,24H,4-10H2,1-3H3;22H,7-8H2,1-6H3;9,21H,6-7H2,1-5H3. The monoisotopic (exact) mass is 1630 g/mol. The van der Waals surface area contributed by atoms with Crippen molar-refractivity contribution in [1.82, 2.24) is 0 Å². The summed E-state index contributed by atoms with van der Waals surface area (Å²) < 4.78 is 332. The molecule has 20 nitrogen and oxygen atoms in total. The number of aliphatic hydroxyl groups is 4. The molecule has 4 N–H and O–H groups in total. The van der Waals surface area contributed by atoms with Crippen LogP contribution >= 0.6 is 0 Å². The Hall–Kier alpha value is -4.00. The SMILES string of the molecule is CCC(C)(C)C(=O)OC(C)(C)C1OCC(F)(F)C(O)(C(F)(F)F)O1.CCC(C)(C)C(=O)OCC1(C)OC(C)(C)C(F)(F)C(O)(C(F)(F)F)O1.CCC(C)(C)C(=O)OCC1(C)OC(C23CC4CC(CC(C4)C2)C3)C(F)(F)C(O)(C(F)(F)F)O1.CCC(C)(C)C(=O)OCC1CCC2(CC1)OCOC(O)(C(F)(F)F)C2(F)F. The Kier molecular flexibility index (Phi) is 27.1. The molecule has 9 aliphatic rings. The predicted molar refractivity (Wildman–Crippen MR) is 335 cm³/mol. The average molecular weight is 1630 g/mol. The van der Waals surface area contributed by atoms with Gasteiger partial charge in [0.05, 0.1) is 28.3 Å². The molecule has 9 fully saturated rings. The third kappa shape index (κ3) is 18.3. The molecule has 8 atom stereocenters. The second-order valence-corrected chi connectivity index (χ2v) is 33.7. The summed E-state index contributed by atoms with van der Waals surface area (Å²) in [4.78, 5) is 48.4. The fraction of sp³-hybridized carbons (Fsp3) is 0.942. The summed E-state index contributed by atoms with van der Waals surface area (Å²) in [7, 11) is 0. The lowest BCUT2D eigenvalue weighted by Crippen LogP contribution is -2.77. The molecule has 4 saturated heterocycles. The molecule has 8 unspecified atom stereocenters. The molecule has 0 aromatic rings. The van der Waals surface area contributed by atoms with Gasteiger partial charge in [-0.3, -0.25) is 19.2 Å². The molecule has 4 heterocycles. The molecule has 5 aliphatic carbocycles. The van der Waals surface area contributed by atoms with Crippen LogP contribution in [0.25, 0.3) is 0 Å². The third-order valence-electron chi connectivity index (χ3n) is 22.5. The Balaban J connectivity index is 0.000000263. The van der Waals surface area contributed by atoms with Crippen molar-refractivity contribution >= 4 is 23.9 Å². The van der Waals surface area contributed by atoms with Crippen molar-refractivity contribution in [2.75, 3.05) is 33.2 Å². The van der Waals surface area contributed by atoms with Gasteiger partial charge in [-0.25, -0.2) is 0 Å². The van der Waals surface area contributed by atoms with Gasteiger partial charge in [0.2, 0.25) is 17.9 Å². The number of carbonyl (C=O) groups is 4. The molecule has 40 heteroatoms. The lowest BCUT2D eigenvalue weighted by Gasteiger charge is -2.63. The van der Waals surface area contributed by atoms with Crippen molar-refractivity contribution in [3.8, 4) is 0 Å². The van der Waals surface area contributed by atoms with Crippen LogP contribution in [0.4, 0.5) is 87.8 Å². The van der Waals surface area contributed by atoms with Crippen molar-refractivity contribution in [2.24, 2.45) is 50.7 Å². The lowest BCUT2D eigenvalue weighted by atomic mass is 9.47. The third-order valence-corrected chi connectivity index (χ3v) is 22.5. The minimum Gasteiger partial charge on any atom is -0.465 e. The van der Waals surface area contributed by atoms with Crippen LogP contribution in [-0.2, 0) is 76.0 Å². The number of carbonyl (C=O) groups excluding carboxylic acids is 4. The normalized spacial score (nSPS) is 34.4. The van der Waals surface area contributed by atoms with Gasteiger partial charge in [0.25, 0.3) is 0 Å². The van der Waals surface area contributed by atoms with Crippen LogP contribution in [0.3, 0.4) is 0 Å². The van der Waals surface area contributed by atoms with Crippen LogP contribution in [0.2, 0.25) is 0 Å². The van der Waals surface area contributed by atoms with Gasteiger partial charge in [-0.15, -0.1) is 0 Å². The number of hydrogen-bond acceptors (Lipinski definition) is 20. The van der Waals surface area contributed by atoms with E-state index >= 15 is 8.78 Å². The number of alkyl halides is 20. The molecule has 0 aromatic heterocycles. The first-order chi connectivity index (χ1) is 48.5. The maximum atomic E-state index is 15.6. The molecule has 4 aliphatic heterocycles. The van der Waals surface area contributed by atoms with E-state index in [0.29, 0.717) is 58.8 Å². The van der Waals surface area contributed by atoms with E-state index in [0.717, 1.165) is 47.0 Å². The van der Waals surface area contributed by atoms with Crippen molar-refractivity contribution in [1.29, 1.82) is 0 Å². The van der Waals surface area contributed by atoms with Crippen LogP contribution in [0.1, 0.15) is 215 Å². The summed E-state index contributed by atoms with van der Waals surface area (Å²) in [6, 6.07) is 0. The van der Waals surface area contributed by atoms with Crippen LogP contribution in [-0.4, -0.2) is 190 Å². The van der Waals surface area contributed by atoms with E-state index in [4.69, 9.17) is 33.2 Å². The molecule has 9 rings (SSSR count). The van der Waals surface area contributed by atoms with Gasteiger partial charge in [-0.05, 0) is 210 Å². The summed E-state index contributed by atoms with van der Waals surface area (Å²) in [5.74, 6) is -45.2. The van der Waals surface area contributed by atoms with Gasteiger partial charge in [0.15, 0.2) is 12.4 Å². The van der Waals surface area contributed by atoms with Crippen molar-refractivity contribution in [2.45, 2.75) is 327 Å². The predicted octanol–water partition coefficient (Wildman–Crippen LogP) is 15.4. The largest absolute Gasteiger partial charge is 0.465 e. The van der Waals surface area contributed by atoms with Crippen molar-refractivity contribution in [3.63, 3.8) is 0 Å². The Bertz CT molecular complexity index is 3150. The second kappa shape index (κ2) is 30.9. The van der Waals surface area contributed by atoms with E-state index in [2.05, 4.69) is 23.7 Å². The van der Waals surface area contributed by atoms with E-state index in [1.165, 1.54) is 0 Å². The molecule has 5 saturated carbocycles. The zero-order chi connectivity index (χ0) is 84.7. The van der Waals surface area contributed by atoms with Crippen LogP contribution in [0.15, 0.2) is 0 Å². The number of ether oxygens (including phenoxy) is 12. The number of rotatable bonds is 17. The number of esters is 4. The lowest BCUT2D eigenvalue weighted by molar-refractivity contribution is -0.542. The Labute approximate surface area is 617 Å². The molecule has 0 amide bonds. The minimum absolute atomic E-state index is 0.00392. The second-order valence-electron chi connectivity index (χ2n) is 33.7. The molecule has 109 heavy (non-hydrogen) atoms. The molecular weight excluding hydrogens is 1530 g/mol. The highest BCUT2D eigenvalue weighted by Gasteiger charge is 2.84. The van der Waals surface area contributed by atoms with E-state index in [-0.39, 0.29) is 43.1 Å². The van der Waals surface area contributed by atoms with E-state index in [9.17, 15) is 119 Å². The molecule has 0 radical (unpaired) electrons. The smallest absolute Gasteiger partial charge is 0.449 e. The summed E-state index contributed by atoms with van der Waals surface area (Å²) in [6.45, 7) is 20.7. The first kappa shape index (κ1) is 95.6. The summed E-state index contributed by atoms with van der Waals surface area (Å²) in [6.07, 6.45) is -22.7. The van der Waals surface area contributed by atoms with E-state index < -0.39 is 203 Å². The molecule has 638 valence electrons. The van der Waals surface area contributed by atoms with E-state index in [1.807, 2.05) is 6.92 Å². The van der Waals surface area contributed by atoms with Gasteiger partial charge in [-0.1, -0.05) is 27.7 Å². The molecule has 4 bridgehead atoms. The topological polar surface area (TPSA) is 260 Å². The van der Waals surface area contributed by atoms with Crippen LogP contribution in [0, 0.1) is 50.7 Å². The van der Waals surface area contributed by atoms with E-state index in [1.54, 1.807) is 76.2 Å². The van der Waals surface area contributed by atoms with Crippen LogP contribution in [0.5, 0.6) is 0 Å². The van der Waals surface area contributed by atoms with Gasteiger partial charge < -0.3 is 77.3 Å². The molecule has 0 aromatic carbocycles. The average Bonchev–Trinajstić information content (AvgIpc) is 0.702. The molecular formula is C69H102F20O20. The first-order valence-electron chi connectivity index (χ1n) is 35.3. The Morgan fingerprint density at radius 3 is 1.23 bits per heavy atom. The summed E-state index contributed by atoms with van der Waals surface area (Å²) in [5, 5.41) is 39.0. The Morgan fingerprint density at radius 1 is 0.459 bits per heavy atom. The highest BCUT2D eigenvalue weighted by molar-refractivity contribution is 5.77. The highest BCUT2D eigenvalue weighted by Crippen LogP contribution is 2.67. The quantitative estimate of drug-likeness (QED) is 0.0599. The minimum atomic E-state index is -5.81. The van der Waals surface area contributed by atoms with Crippen molar-refractivity contribution in [3.05, 3.63) is 0 Å².